The van der Waals surface area contributed by atoms with Crippen LogP contribution in [0.25, 0.3) is 0 Å². The van der Waals surface area contributed by atoms with Crippen LogP contribution in [0.1, 0.15) is 13.8 Å². The number of aliphatic hydroxyl groups is 1. The smallest absolute Gasteiger partial charge is 0.253 e. The maximum absolute atomic E-state index is 11.5. The minimum Gasteiger partial charge on any atom is -0.395 e. The third-order valence-electron chi connectivity index (χ3n) is 1.77. The highest BCUT2D eigenvalue weighted by atomic mass is 32.1. The van der Waals surface area contributed by atoms with Crippen molar-refractivity contribution in [3.63, 3.8) is 0 Å². The Kier molecular flexibility index (Phi) is 2.34. The van der Waals surface area contributed by atoms with Crippen molar-refractivity contribution in [3.05, 3.63) is 0 Å². The number of β-amino-alcohol motifs (C(OH)–C–C–N with tert-alkyl or cyclic N) is 1. The van der Waals surface area contributed by atoms with Crippen molar-refractivity contribution in [1.29, 1.82) is 0 Å². The Morgan fingerprint density at radius 3 is 2.58 bits per heavy atom. The van der Waals surface area contributed by atoms with E-state index in [9.17, 15) is 4.79 Å². The van der Waals surface area contributed by atoms with Gasteiger partial charge in [0, 0.05) is 0 Å². The van der Waals surface area contributed by atoms with Crippen molar-refractivity contribution < 1.29 is 9.90 Å². The lowest BCUT2D eigenvalue weighted by atomic mass is 10.1. The first-order valence-electron chi connectivity index (χ1n) is 3.74. The van der Waals surface area contributed by atoms with E-state index < -0.39 is 5.54 Å². The van der Waals surface area contributed by atoms with Crippen molar-refractivity contribution in [2.45, 2.75) is 19.4 Å². The SMILES string of the molecule is CC1(C)NC(=S)N(CCO)C1=O. The summed E-state index contributed by atoms with van der Waals surface area (Å²) in [5.74, 6) is -0.0819. The van der Waals surface area contributed by atoms with Crippen LogP contribution >= 0.6 is 12.2 Å². The molecule has 0 spiro atoms. The average molecular weight is 188 g/mol. The first-order valence-corrected chi connectivity index (χ1v) is 4.15. The van der Waals surface area contributed by atoms with Crippen molar-refractivity contribution in [3.8, 4) is 0 Å². The third kappa shape index (κ3) is 1.42. The van der Waals surface area contributed by atoms with Gasteiger partial charge in [-0.05, 0) is 26.1 Å². The molecule has 1 aliphatic heterocycles. The van der Waals surface area contributed by atoms with Crippen molar-refractivity contribution in [2.75, 3.05) is 13.2 Å². The molecule has 0 aliphatic carbocycles. The molecule has 0 unspecified atom stereocenters. The third-order valence-corrected chi connectivity index (χ3v) is 2.09. The van der Waals surface area contributed by atoms with Gasteiger partial charge in [-0.1, -0.05) is 0 Å². The molecule has 0 aromatic heterocycles. The van der Waals surface area contributed by atoms with Crippen LogP contribution in [-0.4, -0.2) is 39.7 Å². The summed E-state index contributed by atoms with van der Waals surface area (Å²) in [5.41, 5.74) is -0.619. The molecule has 0 radical (unpaired) electrons. The van der Waals surface area contributed by atoms with Crippen LogP contribution in [0.15, 0.2) is 0 Å². The maximum atomic E-state index is 11.5. The Morgan fingerprint density at radius 1 is 1.67 bits per heavy atom. The van der Waals surface area contributed by atoms with Crippen molar-refractivity contribution >= 4 is 23.2 Å². The van der Waals surface area contributed by atoms with Gasteiger partial charge in [0.25, 0.3) is 5.91 Å². The fraction of sp³-hybridized carbons (Fsp3) is 0.714. The lowest BCUT2D eigenvalue weighted by Crippen LogP contribution is -2.40. The van der Waals surface area contributed by atoms with Gasteiger partial charge in [-0.3, -0.25) is 9.69 Å². The Labute approximate surface area is 76.5 Å². The Morgan fingerprint density at radius 2 is 2.25 bits per heavy atom. The number of thiocarbonyl (C=S) groups is 1. The molecular formula is C7H12N2O2S. The number of amides is 1. The number of carbonyl (C=O) groups is 1. The maximum Gasteiger partial charge on any atom is 0.253 e. The van der Waals surface area contributed by atoms with E-state index in [-0.39, 0.29) is 19.1 Å². The molecule has 1 saturated heterocycles. The van der Waals surface area contributed by atoms with Gasteiger partial charge in [-0.2, -0.15) is 0 Å². The Bertz CT molecular complexity index is 227. The standard InChI is InChI=1S/C7H12N2O2S/c1-7(2)5(11)9(3-4-10)6(12)8-7/h10H,3-4H2,1-2H3,(H,8,12). The minimum atomic E-state index is -0.619. The molecule has 1 amide bonds. The van der Waals surface area contributed by atoms with Crippen LogP contribution in [0, 0.1) is 0 Å². The largest absolute Gasteiger partial charge is 0.395 e. The highest BCUT2D eigenvalue weighted by Crippen LogP contribution is 2.15. The van der Waals surface area contributed by atoms with E-state index in [2.05, 4.69) is 5.32 Å². The van der Waals surface area contributed by atoms with Gasteiger partial charge in [0.15, 0.2) is 5.11 Å². The number of carbonyl (C=O) groups excluding carboxylic acids is 1. The van der Waals surface area contributed by atoms with Gasteiger partial charge in [-0.25, -0.2) is 0 Å². The van der Waals surface area contributed by atoms with Gasteiger partial charge >= 0.3 is 0 Å². The van der Waals surface area contributed by atoms with E-state index in [1.54, 1.807) is 13.8 Å². The molecule has 1 heterocycles. The average Bonchev–Trinajstić information content (AvgIpc) is 2.13. The van der Waals surface area contributed by atoms with E-state index >= 15 is 0 Å². The number of aliphatic hydroxyl groups excluding tert-OH is 1. The Hall–Kier alpha value is -0.680. The summed E-state index contributed by atoms with van der Waals surface area (Å²) >= 11 is 4.91. The molecular weight excluding hydrogens is 176 g/mol. The molecule has 0 aromatic carbocycles. The molecule has 5 heteroatoms. The first-order chi connectivity index (χ1) is 5.49. The summed E-state index contributed by atoms with van der Waals surface area (Å²) in [6.07, 6.45) is 0. The number of hydrogen-bond donors (Lipinski definition) is 2. The summed E-state index contributed by atoms with van der Waals surface area (Å²) in [6, 6.07) is 0. The molecule has 1 aliphatic rings. The van der Waals surface area contributed by atoms with Crippen molar-refractivity contribution in [1.82, 2.24) is 10.2 Å². The second-order valence-electron chi connectivity index (χ2n) is 3.24. The van der Waals surface area contributed by atoms with Gasteiger partial charge in [0.05, 0.1) is 13.2 Å². The predicted molar refractivity (Wildman–Crippen MR) is 48.6 cm³/mol. The molecule has 1 rings (SSSR count). The molecule has 4 nitrogen and oxygen atoms in total. The van der Waals surface area contributed by atoms with Crippen LogP contribution in [-0.2, 0) is 4.79 Å². The van der Waals surface area contributed by atoms with E-state index in [0.29, 0.717) is 5.11 Å². The summed E-state index contributed by atoms with van der Waals surface area (Å²) in [6.45, 7) is 3.73. The van der Waals surface area contributed by atoms with Crippen LogP contribution < -0.4 is 5.32 Å². The number of nitrogens with one attached hydrogen (secondary N) is 1. The fourth-order valence-electron chi connectivity index (χ4n) is 1.12. The number of hydrogen-bond acceptors (Lipinski definition) is 3. The highest BCUT2D eigenvalue weighted by molar-refractivity contribution is 7.80. The van der Waals surface area contributed by atoms with Crippen LogP contribution in [0.5, 0.6) is 0 Å². The monoisotopic (exact) mass is 188 g/mol. The van der Waals surface area contributed by atoms with E-state index in [1.807, 2.05) is 0 Å². The molecule has 2 N–H and O–H groups in total. The van der Waals surface area contributed by atoms with E-state index in [0.717, 1.165) is 0 Å². The van der Waals surface area contributed by atoms with Crippen LogP contribution in [0.4, 0.5) is 0 Å². The van der Waals surface area contributed by atoms with Gasteiger partial charge in [-0.15, -0.1) is 0 Å². The van der Waals surface area contributed by atoms with Gasteiger partial charge in [0.1, 0.15) is 5.54 Å². The quantitative estimate of drug-likeness (QED) is 0.572. The molecule has 68 valence electrons. The second-order valence-corrected chi connectivity index (χ2v) is 3.62. The lowest BCUT2D eigenvalue weighted by molar-refractivity contribution is -0.130. The predicted octanol–water partition coefficient (Wildman–Crippen LogP) is -0.526. The zero-order chi connectivity index (χ0) is 9.35. The van der Waals surface area contributed by atoms with Crippen LogP contribution in [0.3, 0.4) is 0 Å². The minimum absolute atomic E-state index is 0.0658. The van der Waals surface area contributed by atoms with Crippen LogP contribution in [0.2, 0.25) is 0 Å². The molecule has 0 saturated carbocycles. The highest BCUT2D eigenvalue weighted by Gasteiger charge is 2.41. The van der Waals surface area contributed by atoms with Gasteiger partial charge < -0.3 is 10.4 Å². The second kappa shape index (κ2) is 2.99. The molecule has 0 bridgehead atoms. The molecule has 1 fully saturated rings. The molecule has 0 atom stereocenters. The summed E-state index contributed by atoms with van der Waals surface area (Å²) in [4.78, 5) is 12.9. The lowest BCUT2D eigenvalue weighted by Gasteiger charge is -2.15. The first kappa shape index (κ1) is 9.41. The molecule has 12 heavy (non-hydrogen) atoms. The van der Waals surface area contributed by atoms with Crippen molar-refractivity contribution in [2.24, 2.45) is 0 Å². The normalized spacial score (nSPS) is 21.4. The van der Waals surface area contributed by atoms with Gasteiger partial charge in [0.2, 0.25) is 0 Å². The molecule has 0 aromatic rings. The number of rotatable bonds is 2. The number of nitrogens with zero attached hydrogens (tertiary/aromatic N) is 1. The van der Waals surface area contributed by atoms with E-state index in [1.165, 1.54) is 4.90 Å². The zero-order valence-corrected chi connectivity index (χ0v) is 7.94. The van der Waals surface area contributed by atoms with E-state index in [4.69, 9.17) is 17.3 Å². The zero-order valence-electron chi connectivity index (χ0n) is 7.13. The Balaban J connectivity index is 2.78. The summed E-state index contributed by atoms with van der Waals surface area (Å²) in [7, 11) is 0. The summed E-state index contributed by atoms with van der Waals surface area (Å²) in [5, 5.41) is 11.9. The fourth-order valence-corrected chi connectivity index (χ4v) is 1.55. The summed E-state index contributed by atoms with van der Waals surface area (Å²) < 4.78 is 0. The topological polar surface area (TPSA) is 52.6 Å².